The average Bonchev–Trinajstić information content (AvgIpc) is 2.37. The van der Waals surface area contributed by atoms with Crippen molar-refractivity contribution in [3.63, 3.8) is 0 Å². The number of hydrogen-bond acceptors (Lipinski definition) is 7. The van der Waals surface area contributed by atoms with Gasteiger partial charge < -0.3 is 30.8 Å². The number of carboxylic acids is 4. The Morgan fingerprint density at radius 2 is 1.00 bits per heavy atom. The zero-order valence-corrected chi connectivity index (χ0v) is 15.1. The summed E-state index contributed by atoms with van der Waals surface area (Å²) in [6.07, 6.45) is 0. The fourth-order valence-corrected chi connectivity index (χ4v) is 1.08. The van der Waals surface area contributed by atoms with E-state index in [1.54, 1.807) is 0 Å². The average molecular weight is 370 g/mol. The first kappa shape index (κ1) is 30.6. The zero-order valence-electron chi connectivity index (χ0n) is 15.1. The van der Waals surface area contributed by atoms with Gasteiger partial charge in [0.05, 0.1) is 6.61 Å². The second-order valence-electron chi connectivity index (χ2n) is 4.39. The lowest BCUT2D eigenvalue weighted by Crippen LogP contribution is -2.44. The summed E-state index contributed by atoms with van der Waals surface area (Å²) < 4.78 is 0. The molecule has 1 fully saturated rings. The summed E-state index contributed by atoms with van der Waals surface area (Å²) in [5, 5.41) is 41.5. The molecule has 11 nitrogen and oxygen atoms in total. The number of hydrogen-bond donors (Lipinski definition) is 6. The lowest BCUT2D eigenvalue weighted by molar-refractivity contribution is -0.135. The van der Waals surface area contributed by atoms with Crippen LogP contribution in [-0.4, -0.2) is 93.6 Å². The second-order valence-corrected chi connectivity index (χ2v) is 4.39. The lowest BCUT2D eigenvalue weighted by atomic mass is 10.4. The maximum absolute atomic E-state index is 9.00. The van der Waals surface area contributed by atoms with Gasteiger partial charge in [-0.3, -0.25) is 24.1 Å². The van der Waals surface area contributed by atoms with Gasteiger partial charge in [0.15, 0.2) is 0 Å². The van der Waals surface area contributed by atoms with Crippen molar-refractivity contribution in [2.45, 2.75) is 27.7 Å². The fourth-order valence-electron chi connectivity index (χ4n) is 1.08. The van der Waals surface area contributed by atoms with Crippen LogP contribution >= 0.6 is 0 Å². The molecule has 0 aromatic carbocycles. The van der Waals surface area contributed by atoms with Gasteiger partial charge in [0.1, 0.15) is 0 Å². The Labute approximate surface area is 146 Å². The van der Waals surface area contributed by atoms with E-state index in [9.17, 15) is 0 Å². The fraction of sp³-hybridized carbons (Fsp3) is 0.714. The van der Waals surface area contributed by atoms with Gasteiger partial charge in [-0.1, -0.05) is 0 Å². The van der Waals surface area contributed by atoms with Crippen LogP contribution in [0.25, 0.3) is 0 Å². The predicted octanol–water partition coefficient (Wildman–Crippen LogP) is -0.752. The van der Waals surface area contributed by atoms with Gasteiger partial charge >= 0.3 is 0 Å². The molecule has 0 aromatic rings. The maximum Gasteiger partial charge on any atom is 0.300 e. The Morgan fingerprint density at radius 3 is 1.20 bits per heavy atom. The molecule has 1 aliphatic rings. The predicted molar refractivity (Wildman–Crippen MR) is 89.6 cm³/mol. The van der Waals surface area contributed by atoms with Crippen LogP contribution in [0.2, 0.25) is 0 Å². The minimum atomic E-state index is -0.833. The molecule has 0 bridgehead atoms. The van der Waals surface area contributed by atoms with Gasteiger partial charge in [-0.25, -0.2) is 0 Å². The van der Waals surface area contributed by atoms with E-state index in [0.29, 0.717) is 6.61 Å². The highest BCUT2D eigenvalue weighted by Gasteiger charge is 2.06. The first-order valence-electron chi connectivity index (χ1n) is 7.18. The van der Waals surface area contributed by atoms with Crippen LogP contribution in [-0.2, 0) is 19.2 Å². The SMILES string of the molecule is CC(=O)O.CC(=O)O.CC(=O)O.CC(=O)O.OCCN1CCNCC1. The quantitative estimate of drug-likeness (QED) is 0.359. The summed E-state index contributed by atoms with van der Waals surface area (Å²) in [6, 6.07) is 0. The number of carbonyl (C=O) groups is 4. The molecule has 0 aromatic heterocycles. The van der Waals surface area contributed by atoms with Crippen molar-refractivity contribution in [3.8, 4) is 0 Å². The van der Waals surface area contributed by atoms with Crippen LogP contribution in [0.4, 0.5) is 0 Å². The molecule has 1 saturated heterocycles. The van der Waals surface area contributed by atoms with Crippen LogP contribution < -0.4 is 5.32 Å². The smallest absolute Gasteiger partial charge is 0.300 e. The lowest BCUT2D eigenvalue weighted by Gasteiger charge is -2.25. The molecule has 1 heterocycles. The van der Waals surface area contributed by atoms with E-state index in [2.05, 4.69) is 10.2 Å². The van der Waals surface area contributed by atoms with Crippen molar-refractivity contribution in [1.29, 1.82) is 0 Å². The number of nitrogens with zero attached hydrogens (tertiary/aromatic N) is 1. The van der Waals surface area contributed by atoms with E-state index >= 15 is 0 Å². The summed E-state index contributed by atoms with van der Waals surface area (Å²) in [5.74, 6) is -3.33. The maximum atomic E-state index is 9.00. The zero-order chi connectivity index (χ0) is 20.8. The molecule has 0 amide bonds. The van der Waals surface area contributed by atoms with Gasteiger partial charge in [0.25, 0.3) is 23.9 Å². The molecule has 25 heavy (non-hydrogen) atoms. The molecule has 6 N–H and O–H groups in total. The molecule has 0 saturated carbocycles. The highest BCUT2D eigenvalue weighted by molar-refractivity contribution is 5.63. The first-order chi connectivity index (χ1) is 11.4. The number of aliphatic hydroxyl groups is 1. The summed E-state index contributed by atoms with van der Waals surface area (Å²) in [6.45, 7) is 9.77. The van der Waals surface area contributed by atoms with Crippen LogP contribution in [0.5, 0.6) is 0 Å². The summed E-state index contributed by atoms with van der Waals surface area (Å²) in [7, 11) is 0. The van der Waals surface area contributed by atoms with Crippen molar-refractivity contribution >= 4 is 23.9 Å². The second kappa shape index (κ2) is 24.0. The Hall–Kier alpha value is -2.24. The number of carboxylic acid groups (broad SMARTS) is 4. The molecule has 150 valence electrons. The minimum absolute atomic E-state index is 0.292. The van der Waals surface area contributed by atoms with E-state index < -0.39 is 23.9 Å². The molecule has 1 rings (SSSR count). The van der Waals surface area contributed by atoms with Gasteiger partial charge in [0.2, 0.25) is 0 Å². The van der Waals surface area contributed by atoms with Crippen molar-refractivity contribution in [2.75, 3.05) is 39.3 Å². The Morgan fingerprint density at radius 1 is 0.760 bits per heavy atom. The summed E-state index contributed by atoms with van der Waals surface area (Å²) in [4.78, 5) is 38.3. The molecule has 1 aliphatic heterocycles. The highest BCUT2D eigenvalue weighted by Crippen LogP contribution is 1.88. The summed E-state index contributed by atoms with van der Waals surface area (Å²) >= 11 is 0. The number of nitrogens with one attached hydrogen (secondary N) is 1. The van der Waals surface area contributed by atoms with Gasteiger partial charge in [-0.15, -0.1) is 0 Å². The van der Waals surface area contributed by atoms with Crippen LogP contribution in [0.1, 0.15) is 27.7 Å². The topological polar surface area (TPSA) is 185 Å². The summed E-state index contributed by atoms with van der Waals surface area (Å²) in [5.41, 5.74) is 0. The van der Waals surface area contributed by atoms with Crippen LogP contribution in [0, 0.1) is 0 Å². The Balaban J connectivity index is -0.000000119. The molecular weight excluding hydrogens is 340 g/mol. The van der Waals surface area contributed by atoms with E-state index in [-0.39, 0.29) is 0 Å². The van der Waals surface area contributed by atoms with Gasteiger partial charge in [-0.05, 0) is 0 Å². The molecule has 11 heteroatoms. The number of β-amino-alcohol motifs (C(OH)–C–C–N with tert-alkyl or cyclic N) is 1. The highest BCUT2D eigenvalue weighted by atomic mass is 16.4. The third-order valence-electron chi connectivity index (χ3n) is 1.63. The third-order valence-corrected chi connectivity index (χ3v) is 1.63. The van der Waals surface area contributed by atoms with Crippen molar-refractivity contribution < 1.29 is 44.7 Å². The first-order valence-corrected chi connectivity index (χ1v) is 7.18. The molecule has 0 aliphatic carbocycles. The van der Waals surface area contributed by atoms with Gasteiger partial charge in [0, 0.05) is 60.4 Å². The number of rotatable bonds is 2. The molecular formula is C14H30N2O9. The van der Waals surface area contributed by atoms with E-state index in [4.69, 9.17) is 44.7 Å². The Bertz CT molecular complexity index is 289. The van der Waals surface area contributed by atoms with E-state index in [1.807, 2.05) is 0 Å². The van der Waals surface area contributed by atoms with Crippen molar-refractivity contribution in [3.05, 3.63) is 0 Å². The molecule has 0 unspecified atom stereocenters. The number of aliphatic hydroxyl groups excluding tert-OH is 1. The third kappa shape index (κ3) is 111. The van der Waals surface area contributed by atoms with Gasteiger partial charge in [-0.2, -0.15) is 0 Å². The molecule has 0 spiro atoms. The normalized spacial score (nSPS) is 12.0. The van der Waals surface area contributed by atoms with Crippen LogP contribution in [0.15, 0.2) is 0 Å². The van der Waals surface area contributed by atoms with E-state index in [0.717, 1.165) is 60.4 Å². The minimum Gasteiger partial charge on any atom is -0.481 e. The largest absolute Gasteiger partial charge is 0.481 e. The van der Waals surface area contributed by atoms with Crippen LogP contribution in [0.3, 0.4) is 0 Å². The number of piperazine rings is 1. The molecule has 0 atom stereocenters. The van der Waals surface area contributed by atoms with Crippen molar-refractivity contribution in [2.24, 2.45) is 0 Å². The van der Waals surface area contributed by atoms with E-state index in [1.165, 1.54) is 0 Å². The Kier molecular flexibility index (Phi) is 29.4. The monoisotopic (exact) mass is 370 g/mol. The standard InChI is InChI=1S/C6H14N2O.4C2H4O2/c9-6-5-8-3-1-7-2-4-8;4*1-2(3)4/h7,9H,1-6H2;4*1H3,(H,3,4). The molecule has 0 radical (unpaired) electrons. The van der Waals surface area contributed by atoms with Crippen molar-refractivity contribution in [1.82, 2.24) is 10.2 Å². The number of aliphatic carboxylic acids is 4.